The molecule has 1 unspecified atom stereocenters. The summed E-state index contributed by atoms with van der Waals surface area (Å²) in [5.74, 6) is -1.59. The van der Waals surface area contributed by atoms with E-state index in [1.807, 2.05) is 13.8 Å². The number of halogens is 1. The van der Waals surface area contributed by atoms with Crippen LogP contribution in [0.5, 0.6) is 0 Å². The molecule has 1 aromatic carbocycles. The van der Waals surface area contributed by atoms with E-state index < -0.39 is 11.9 Å². The summed E-state index contributed by atoms with van der Waals surface area (Å²) in [5.41, 5.74) is 0.740. The first-order valence-corrected chi connectivity index (χ1v) is 4.86. The fraction of sp³-hybridized carbons (Fsp3) is 0.364. The summed E-state index contributed by atoms with van der Waals surface area (Å²) >= 11 is 5.71. The minimum atomic E-state index is -1.04. The quantitative estimate of drug-likeness (QED) is 0.619. The fourth-order valence-electron chi connectivity index (χ4n) is 1.46. The molecule has 0 aliphatic heterocycles. The van der Waals surface area contributed by atoms with Gasteiger partial charge in [0.25, 0.3) is 0 Å². The molecule has 0 amide bonds. The van der Waals surface area contributed by atoms with E-state index in [1.54, 1.807) is 24.3 Å². The van der Waals surface area contributed by atoms with Crippen molar-refractivity contribution in [3.8, 4) is 0 Å². The van der Waals surface area contributed by atoms with Crippen molar-refractivity contribution in [1.82, 2.24) is 0 Å². The Morgan fingerprint density at radius 2 is 1.73 bits per heavy atom. The summed E-state index contributed by atoms with van der Waals surface area (Å²) in [6.07, 6.45) is 0. The minimum Gasteiger partial charge on any atom is -0.549 e. The van der Waals surface area contributed by atoms with Gasteiger partial charge in [0.1, 0.15) is 0 Å². The Bertz CT molecular complexity index is 322. The second-order valence-corrected chi connectivity index (χ2v) is 4.03. The van der Waals surface area contributed by atoms with Crippen molar-refractivity contribution in [1.29, 1.82) is 0 Å². The van der Waals surface area contributed by atoms with Crippen molar-refractivity contribution in [2.45, 2.75) is 19.8 Å². The van der Waals surface area contributed by atoms with Crippen molar-refractivity contribution in [2.75, 3.05) is 0 Å². The van der Waals surface area contributed by atoms with Gasteiger partial charge in [-0.1, -0.05) is 37.6 Å². The zero-order valence-corrected chi connectivity index (χ0v) is 11.9. The number of carboxylic acid groups (broad SMARTS) is 1. The van der Waals surface area contributed by atoms with Crippen LogP contribution >= 0.6 is 11.6 Å². The molecule has 0 heterocycles. The first-order chi connectivity index (χ1) is 6.52. The van der Waals surface area contributed by atoms with Gasteiger partial charge in [0.05, 0.1) is 0 Å². The van der Waals surface area contributed by atoms with Crippen LogP contribution in [0, 0.1) is 5.92 Å². The minimum absolute atomic E-state index is 0. The van der Waals surface area contributed by atoms with Crippen LogP contribution < -0.4 is 34.7 Å². The molecule has 0 aromatic heterocycles. The van der Waals surface area contributed by atoms with E-state index in [0.29, 0.717) is 5.02 Å². The molecule has 2 nitrogen and oxygen atoms in total. The van der Waals surface area contributed by atoms with Crippen molar-refractivity contribution < 1.29 is 39.5 Å². The fourth-order valence-corrected chi connectivity index (χ4v) is 1.59. The van der Waals surface area contributed by atoms with E-state index in [9.17, 15) is 9.90 Å². The van der Waals surface area contributed by atoms with Gasteiger partial charge in [0.2, 0.25) is 0 Å². The molecular formula is C11H12ClNaO2. The maximum absolute atomic E-state index is 10.9. The van der Waals surface area contributed by atoms with Gasteiger partial charge in [-0.15, -0.1) is 0 Å². The second kappa shape index (κ2) is 6.54. The van der Waals surface area contributed by atoms with Crippen molar-refractivity contribution in [3.63, 3.8) is 0 Å². The van der Waals surface area contributed by atoms with Crippen molar-refractivity contribution >= 4 is 17.6 Å². The van der Waals surface area contributed by atoms with Gasteiger partial charge in [-0.3, -0.25) is 0 Å². The number of hydrogen-bond donors (Lipinski definition) is 0. The van der Waals surface area contributed by atoms with Gasteiger partial charge in [-0.25, -0.2) is 0 Å². The van der Waals surface area contributed by atoms with Crippen LogP contribution in [0.25, 0.3) is 0 Å². The van der Waals surface area contributed by atoms with Crippen LogP contribution in [0.2, 0.25) is 5.02 Å². The average Bonchev–Trinajstić information content (AvgIpc) is 2.07. The topological polar surface area (TPSA) is 40.1 Å². The van der Waals surface area contributed by atoms with Gasteiger partial charge in [0, 0.05) is 16.9 Å². The molecule has 1 atom stereocenters. The second-order valence-electron chi connectivity index (χ2n) is 3.59. The molecule has 0 radical (unpaired) electrons. The summed E-state index contributed by atoms with van der Waals surface area (Å²) in [6, 6.07) is 6.83. The first kappa shape index (κ1) is 15.0. The molecule has 0 spiro atoms. The predicted molar refractivity (Wildman–Crippen MR) is 54.0 cm³/mol. The molecule has 1 rings (SSSR count). The Hall–Kier alpha value is -0.0200. The SMILES string of the molecule is CC(C)C(C(=O)[O-])c1ccc(Cl)cc1.[Na+]. The predicted octanol–water partition coefficient (Wildman–Crippen LogP) is -1.17. The third kappa shape index (κ3) is 4.15. The van der Waals surface area contributed by atoms with E-state index in [0.717, 1.165) is 5.56 Å². The summed E-state index contributed by atoms with van der Waals surface area (Å²) in [4.78, 5) is 10.9. The first-order valence-electron chi connectivity index (χ1n) is 4.48. The van der Waals surface area contributed by atoms with Gasteiger partial charge in [-0.05, 0) is 23.6 Å². The zero-order chi connectivity index (χ0) is 10.7. The molecule has 76 valence electrons. The monoisotopic (exact) mass is 234 g/mol. The average molecular weight is 235 g/mol. The molecule has 4 heteroatoms. The largest absolute Gasteiger partial charge is 1.00 e. The molecule has 1 aromatic rings. The van der Waals surface area contributed by atoms with E-state index in [4.69, 9.17) is 11.6 Å². The maximum Gasteiger partial charge on any atom is 1.00 e. The molecule has 0 saturated carbocycles. The molecular weight excluding hydrogens is 223 g/mol. The Balaban J connectivity index is 0.00000196. The summed E-state index contributed by atoms with van der Waals surface area (Å²) < 4.78 is 0. The Morgan fingerprint density at radius 1 is 1.27 bits per heavy atom. The van der Waals surface area contributed by atoms with Gasteiger partial charge in [0.15, 0.2) is 0 Å². The van der Waals surface area contributed by atoms with Crippen LogP contribution in [0.15, 0.2) is 24.3 Å². The number of carbonyl (C=O) groups is 1. The molecule has 0 fully saturated rings. The van der Waals surface area contributed by atoms with E-state index in [1.165, 1.54) is 0 Å². The van der Waals surface area contributed by atoms with Crippen LogP contribution in [-0.2, 0) is 4.79 Å². The Kier molecular flexibility index (Phi) is 6.53. The summed E-state index contributed by atoms with van der Waals surface area (Å²) in [6.45, 7) is 3.71. The third-order valence-corrected chi connectivity index (χ3v) is 2.40. The number of hydrogen-bond acceptors (Lipinski definition) is 2. The van der Waals surface area contributed by atoms with E-state index in [2.05, 4.69) is 0 Å². The maximum atomic E-state index is 10.9. The van der Waals surface area contributed by atoms with Crippen LogP contribution in [0.3, 0.4) is 0 Å². The summed E-state index contributed by atoms with van der Waals surface area (Å²) in [5, 5.41) is 11.5. The molecule has 0 aliphatic rings. The Labute approximate surface area is 117 Å². The summed E-state index contributed by atoms with van der Waals surface area (Å²) in [7, 11) is 0. The molecule has 0 bridgehead atoms. The Morgan fingerprint density at radius 3 is 2.07 bits per heavy atom. The zero-order valence-electron chi connectivity index (χ0n) is 9.16. The number of carboxylic acids is 1. The number of carbonyl (C=O) groups excluding carboxylic acids is 1. The van der Waals surface area contributed by atoms with Crippen LogP contribution in [0.1, 0.15) is 25.3 Å². The van der Waals surface area contributed by atoms with E-state index >= 15 is 0 Å². The van der Waals surface area contributed by atoms with Gasteiger partial charge >= 0.3 is 29.6 Å². The third-order valence-electron chi connectivity index (χ3n) is 2.15. The normalized spacial score (nSPS) is 12.0. The number of rotatable bonds is 3. The van der Waals surface area contributed by atoms with E-state index in [-0.39, 0.29) is 35.5 Å². The van der Waals surface area contributed by atoms with Gasteiger partial charge in [-0.2, -0.15) is 0 Å². The van der Waals surface area contributed by atoms with Gasteiger partial charge < -0.3 is 9.90 Å². The standard InChI is InChI=1S/C11H13ClO2.Na/c1-7(2)10(11(13)14)8-3-5-9(12)6-4-8;/h3-7,10H,1-2H3,(H,13,14);/q;+1/p-1. The molecule has 0 aliphatic carbocycles. The van der Waals surface area contributed by atoms with Crippen LogP contribution in [0.4, 0.5) is 0 Å². The number of benzene rings is 1. The van der Waals surface area contributed by atoms with Crippen LogP contribution in [-0.4, -0.2) is 5.97 Å². The number of aliphatic carboxylic acids is 1. The molecule has 0 saturated heterocycles. The molecule has 15 heavy (non-hydrogen) atoms. The van der Waals surface area contributed by atoms with Crippen molar-refractivity contribution in [2.24, 2.45) is 5.92 Å². The van der Waals surface area contributed by atoms with Crippen molar-refractivity contribution in [3.05, 3.63) is 34.9 Å². The smallest absolute Gasteiger partial charge is 0.549 e. The molecule has 0 N–H and O–H groups in total.